The number of ether oxygens (including phenoxy) is 1. The minimum absolute atomic E-state index is 0.312. The van der Waals surface area contributed by atoms with E-state index in [-0.39, 0.29) is 0 Å². The summed E-state index contributed by atoms with van der Waals surface area (Å²) in [4.78, 5) is 11.3. The molecule has 0 rings (SSSR count). The number of amides is 1. The Morgan fingerprint density at radius 3 is 2.53 bits per heavy atom. The van der Waals surface area contributed by atoms with E-state index >= 15 is 0 Å². The van der Waals surface area contributed by atoms with E-state index in [1.165, 1.54) is 6.08 Å². The SMILES string of the molecule is C=C[C@@H](O)[C@@H](CS)NC(=O)OC(C)(C)C. The summed E-state index contributed by atoms with van der Waals surface area (Å²) in [6, 6.07) is -0.485. The molecule has 0 aliphatic carbocycles. The molecular weight excluding hydrogens is 214 g/mol. The van der Waals surface area contributed by atoms with Gasteiger partial charge in [0, 0.05) is 5.75 Å². The largest absolute Gasteiger partial charge is 0.444 e. The van der Waals surface area contributed by atoms with Gasteiger partial charge in [0.25, 0.3) is 0 Å². The van der Waals surface area contributed by atoms with Crippen molar-refractivity contribution in [3.05, 3.63) is 12.7 Å². The fraction of sp³-hybridized carbons (Fsp3) is 0.700. The van der Waals surface area contributed by atoms with Gasteiger partial charge in [-0.05, 0) is 20.8 Å². The zero-order valence-corrected chi connectivity index (χ0v) is 10.3. The second-order valence-corrected chi connectivity index (χ2v) is 4.53. The van der Waals surface area contributed by atoms with Crippen molar-refractivity contribution in [1.82, 2.24) is 5.32 Å². The van der Waals surface area contributed by atoms with Crippen molar-refractivity contribution in [3.63, 3.8) is 0 Å². The Morgan fingerprint density at radius 1 is 1.67 bits per heavy atom. The molecule has 0 radical (unpaired) electrons. The van der Waals surface area contributed by atoms with Crippen LogP contribution in [0.1, 0.15) is 20.8 Å². The summed E-state index contributed by atoms with van der Waals surface area (Å²) >= 11 is 4.02. The van der Waals surface area contributed by atoms with Crippen molar-refractivity contribution in [2.75, 3.05) is 5.75 Å². The molecule has 5 heteroatoms. The van der Waals surface area contributed by atoms with Gasteiger partial charge in [-0.25, -0.2) is 4.79 Å². The van der Waals surface area contributed by atoms with Gasteiger partial charge < -0.3 is 15.2 Å². The molecule has 1 amide bonds. The van der Waals surface area contributed by atoms with E-state index in [2.05, 4.69) is 24.5 Å². The molecule has 0 aromatic rings. The number of carbonyl (C=O) groups is 1. The highest BCUT2D eigenvalue weighted by Crippen LogP contribution is 2.07. The Morgan fingerprint density at radius 2 is 2.20 bits per heavy atom. The molecule has 0 fully saturated rings. The lowest BCUT2D eigenvalue weighted by Gasteiger charge is -2.24. The maximum atomic E-state index is 11.3. The van der Waals surface area contributed by atoms with Gasteiger partial charge in [0.05, 0.1) is 12.1 Å². The van der Waals surface area contributed by atoms with Crippen LogP contribution in [0.5, 0.6) is 0 Å². The highest BCUT2D eigenvalue weighted by Gasteiger charge is 2.21. The lowest BCUT2D eigenvalue weighted by atomic mass is 10.2. The van der Waals surface area contributed by atoms with Gasteiger partial charge in [-0.2, -0.15) is 12.6 Å². The average Bonchev–Trinajstić information content (AvgIpc) is 2.10. The molecule has 0 bridgehead atoms. The Labute approximate surface area is 96.1 Å². The molecule has 0 aliphatic heterocycles. The van der Waals surface area contributed by atoms with Gasteiger partial charge >= 0.3 is 6.09 Å². The quantitative estimate of drug-likeness (QED) is 0.507. The molecule has 2 atom stereocenters. The Hall–Kier alpha value is -0.680. The third-order valence-electron chi connectivity index (χ3n) is 1.55. The van der Waals surface area contributed by atoms with Crippen molar-refractivity contribution in [2.24, 2.45) is 0 Å². The van der Waals surface area contributed by atoms with E-state index in [9.17, 15) is 9.90 Å². The molecule has 0 aromatic heterocycles. The number of hydrogen-bond acceptors (Lipinski definition) is 4. The van der Waals surface area contributed by atoms with Crippen LogP contribution in [0.2, 0.25) is 0 Å². The van der Waals surface area contributed by atoms with Crippen molar-refractivity contribution in [2.45, 2.75) is 38.5 Å². The maximum Gasteiger partial charge on any atom is 0.408 e. The highest BCUT2D eigenvalue weighted by atomic mass is 32.1. The first-order chi connectivity index (χ1) is 6.80. The van der Waals surface area contributed by atoms with Gasteiger partial charge in [0.2, 0.25) is 0 Å². The predicted octanol–water partition coefficient (Wildman–Crippen LogP) is 1.36. The van der Waals surface area contributed by atoms with Crippen molar-refractivity contribution in [1.29, 1.82) is 0 Å². The summed E-state index contributed by atoms with van der Waals surface area (Å²) in [6.45, 7) is 8.75. The van der Waals surface area contributed by atoms with E-state index in [4.69, 9.17) is 4.74 Å². The lowest BCUT2D eigenvalue weighted by Crippen LogP contribution is -2.45. The standard InChI is InChI=1S/C10H19NO3S/c1-5-8(12)7(6-15)11-9(13)14-10(2,3)4/h5,7-8,12,15H,1,6H2,2-4H3,(H,11,13)/t7-,8-/m1/s1. The van der Waals surface area contributed by atoms with E-state index in [1.807, 2.05) is 0 Å². The van der Waals surface area contributed by atoms with E-state index in [0.29, 0.717) is 5.75 Å². The van der Waals surface area contributed by atoms with Crippen LogP contribution >= 0.6 is 12.6 Å². The zero-order valence-electron chi connectivity index (χ0n) is 9.36. The topological polar surface area (TPSA) is 58.6 Å². The van der Waals surface area contributed by atoms with Crippen molar-refractivity contribution >= 4 is 18.7 Å². The summed E-state index contributed by atoms with van der Waals surface area (Å²) in [7, 11) is 0. The second kappa shape index (κ2) is 6.02. The van der Waals surface area contributed by atoms with Crippen LogP contribution in [0.4, 0.5) is 4.79 Å². The number of thiol groups is 1. The van der Waals surface area contributed by atoms with E-state index in [1.54, 1.807) is 20.8 Å². The Kier molecular flexibility index (Phi) is 5.75. The average molecular weight is 233 g/mol. The monoisotopic (exact) mass is 233 g/mol. The van der Waals surface area contributed by atoms with Gasteiger partial charge in [-0.3, -0.25) is 0 Å². The molecular formula is C10H19NO3S. The van der Waals surface area contributed by atoms with Gasteiger partial charge in [-0.15, -0.1) is 6.58 Å². The molecule has 0 aliphatic rings. The number of aliphatic hydroxyl groups is 1. The minimum atomic E-state index is -0.824. The van der Waals surface area contributed by atoms with Crippen molar-refractivity contribution < 1.29 is 14.6 Å². The summed E-state index contributed by atoms with van der Waals surface area (Å²) < 4.78 is 5.04. The third-order valence-corrected chi connectivity index (χ3v) is 1.95. The van der Waals surface area contributed by atoms with Crippen LogP contribution in [0, 0.1) is 0 Å². The predicted molar refractivity (Wildman–Crippen MR) is 63.2 cm³/mol. The summed E-state index contributed by atoms with van der Waals surface area (Å²) in [5, 5.41) is 11.9. The van der Waals surface area contributed by atoms with Crippen LogP contribution in [0.15, 0.2) is 12.7 Å². The summed E-state index contributed by atoms with van der Waals surface area (Å²) in [6.07, 6.45) is -0.0457. The van der Waals surface area contributed by atoms with Crippen molar-refractivity contribution in [3.8, 4) is 0 Å². The number of nitrogens with one attached hydrogen (secondary N) is 1. The van der Waals surface area contributed by atoms with Gasteiger partial charge in [0.15, 0.2) is 0 Å². The highest BCUT2D eigenvalue weighted by molar-refractivity contribution is 7.80. The molecule has 0 saturated carbocycles. The normalized spacial score (nSPS) is 15.3. The fourth-order valence-corrected chi connectivity index (χ4v) is 1.17. The van der Waals surface area contributed by atoms with Crippen LogP contribution in [0.3, 0.4) is 0 Å². The van der Waals surface area contributed by atoms with E-state index < -0.39 is 23.8 Å². The minimum Gasteiger partial charge on any atom is -0.444 e. The molecule has 0 unspecified atom stereocenters. The van der Waals surface area contributed by atoms with Crippen LogP contribution < -0.4 is 5.32 Å². The Balaban J connectivity index is 4.19. The smallest absolute Gasteiger partial charge is 0.408 e. The first kappa shape index (κ1) is 14.3. The van der Waals surface area contributed by atoms with Crippen LogP contribution in [0.25, 0.3) is 0 Å². The van der Waals surface area contributed by atoms with E-state index in [0.717, 1.165) is 0 Å². The third kappa shape index (κ3) is 6.41. The Bertz CT molecular complexity index is 225. The molecule has 0 aromatic carbocycles. The molecule has 0 saturated heterocycles. The number of aliphatic hydroxyl groups excluding tert-OH is 1. The maximum absolute atomic E-state index is 11.3. The van der Waals surface area contributed by atoms with Crippen LogP contribution in [-0.4, -0.2) is 34.7 Å². The number of alkyl carbamates (subject to hydrolysis) is 1. The van der Waals surface area contributed by atoms with Gasteiger partial charge in [-0.1, -0.05) is 6.08 Å². The molecule has 0 heterocycles. The fourth-order valence-electron chi connectivity index (χ4n) is 0.862. The molecule has 4 nitrogen and oxygen atoms in total. The number of carbonyl (C=O) groups excluding carboxylic acids is 1. The van der Waals surface area contributed by atoms with Crippen LogP contribution in [-0.2, 0) is 4.74 Å². The molecule has 15 heavy (non-hydrogen) atoms. The second-order valence-electron chi connectivity index (χ2n) is 4.16. The molecule has 2 N–H and O–H groups in total. The number of rotatable bonds is 4. The first-order valence-electron chi connectivity index (χ1n) is 4.71. The summed E-state index contributed by atoms with van der Waals surface area (Å²) in [5.74, 6) is 0.312. The zero-order chi connectivity index (χ0) is 12.1. The number of hydrogen-bond donors (Lipinski definition) is 3. The molecule has 88 valence electrons. The lowest BCUT2D eigenvalue weighted by molar-refractivity contribution is 0.0467. The first-order valence-corrected chi connectivity index (χ1v) is 5.34. The summed E-state index contributed by atoms with van der Waals surface area (Å²) in [5.41, 5.74) is -0.551. The molecule has 0 spiro atoms. The van der Waals surface area contributed by atoms with Gasteiger partial charge in [0.1, 0.15) is 5.60 Å².